The van der Waals surface area contributed by atoms with E-state index in [9.17, 15) is 14.7 Å². The highest BCUT2D eigenvalue weighted by Crippen LogP contribution is 2.24. The molecule has 3 atom stereocenters. The van der Waals surface area contributed by atoms with Gasteiger partial charge in [-0.15, -0.1) is 0 Å². The Kier molecular flexibility index (Phi) is 5.79. The molecule has 1 aliphatic heterocycles. The molecule has 3 unspecified atom stereocenters. The van der Waals surface area contributed by atoms with E-state index in [1.807, 2.05) is 0 Å². The molecule has 0 bridgehead atoms. The van der Waals surface area contributed by atoms with Crippen LogP contribution in [0.4, 0.5) is 0 Å². The fourth-order valence-corrected chi connectivity index (χ4v) is 3.00. The summed E-state index contributed by atoms with van der Waals surface area (Å²) in [6.07, 6.45) is 4.57. The van der Waals surface area contributed by atoms with Crippen molar-refractivity contribution in [2.24, 2.45) is 5.92 Å². The lowest BCUT2D eigenvalue weighted by atomic mass is 9.94. The number of hydrogen-bond acceptors (Lipinski definition) is 4. The van der Waals surface area contributed by atoms with Crippen molar-refractivity contribution in [3.63, 3.8) is 0 Å². The number of amides is 1. The van der Waals surface area contributed by atoms with Crippen molar-refractivity contribution in [2.45, 2.75) is 50.7 Å². The van der Waals surface area contributed by atoms with Gasteiger partial charge in [-0.1, -0.05) is 19.3 Å². The van der Waals surface area contributed by atoms with Crippen molar-refractivity contribution < 1.29 is 19.4 Å². The molecule has 1 aliphatic carbocycles. The quantitative estimate of drug-likeness (QED) is 0.655. The molecule has 0 spiro atoms. The number of nitrogens with one attached hydrogen (secondary N) is 2. The molecule has 0 radical (unpaired) electrons. The van der Waals surface area contributed by atoms with Crippen molar-refractivity contribution in [3.8, 4) is 0 Å². The molecule has 6 nitrogen and oxygen atoms in total. The third kappa shape index (κ3) is 4.45. The molecule has 1 saturated heterocycles. The fraction of sp³-hybridized carbons (Fsp3) is 0.857. The molecule has 1 saturated carbocycles. The van der Waals surface area contributed by atoms with Crippen molar-refractivity contribution in [1.82, 2.24) is 10.6 Å². The Morgan fingerprint density at radius 2 is 2.05 bits per heavy atom. The van der Waals surface area contributed by atoms with Crippen molar-refractivity contribution in [1.29, 1.82) is 0 Å². The maximum Gasteiger partial charge on any atom is 0.308 e. The minimum atomic E-state index is -0.798. The molecule has 0 aromatic heterocycles. The van der Waals surface area contributed by atoms with Gasteiger partial charge in [0.25, 0.3) is 0 Å². The first-order chi connectivity index (χ1) is 9.66. The summed E-state index contributed by atoms with van der Waals surface area (Å²) in [6.45, 7) is 2.13. The van der Waals surface area contributed by atoms with Crippen LogP contribution in [0.5, 0.6) is 0 Å². The minimum absolute atomic E-state index is 0.0993. The highest BCUT2D eigenvalue weighted by atomic mass is 16.5. The molecule has 0 aromatic carbocycles. The summed E-state index contributed by atoms with van der Waals surface area (Å²) >= 11 is 0. The molecule has 2 fully saturated rings. The molecule has 1 heterocycles. The van der Waals surface area contributed by atoms with Crippen LogP contribution in [0.25, 0.3) is 0 Å². The number of carboxylic acid groups (broad SMARTS) is 1. The number of morpholine rings is 1. The maximum atomic E-state index is 12.0. The fourth-order valence-electron chi connectivity index (χ4n) is 3.00. The van der Waals surface area contributed by atoms with Crippen molar-refractivity contribution in [3.05, 3.63) is 0 Å². The van der Waals surface area contributed by atoms with Crippen LogP contribution in [0, 0.1) is 5.92 Å². The van der Waals surface area contributed by atoms with Gasteiger partial charge < -0.3 is 20.5 Å². The number of rotatable bonds is 4. The maximum absolute atomic E-state index is 12.0. The van der Waals surface area contributed by atoms with E-state index in [-0.39, 0.29) is 18.1 Å². The molecule has 2 aliphatic rings. The van der Waals surface area contributed by atoms with E-state index in [1.165, 1.54) is 0 Å². The molecule has 1 amide bonds. The number of ether oxygens (including phenoxy) is 1. The smallest absolute Gasteiger partial charge is 0.308 e. The van der Waals surface area contributed by atoms with Crippen LogP contribution in [0.2, 0.25) is 0 Å². The number of carboxylic acids is 1. The average molecular weight is 284 g/mol. The zero-order chi connectivity index (χ0) is 14.4. The summed E-state index contributed by atoms with van der Waals surface area (Å²) in [6, 6.07) is -0.237. The Morgan fingerprint density at radius 3 is 2.75 bits per heavy atom. The van der Waals surface area contributed by atoms with Crippen LogP contribution in [0.1, 0.15) is 38.5 Å². The molecule has 114 valence electrons. The standard InChI is InChI=1S/C14H24N2O4/c17-13(8-10-9-15-6-7-20-10)16-12-5-3-1-2-4-11(12)14(18)19/h10-12,15H,1-9H2,(H,16,17)(H,18,19). The molecule has 20 heavy (non-hydrogen) atoms. The van der Waals surface area contributed by atoms with Crippen molar-refractivity contribution >= 4 is 11.9 Å². The van der Waals surface area contributed by atoms with E-state index < -0.39 is 11.9 Å². The lowest BCUT2D eigenvalue weighted by Gasteiger charge is -2.26. The Balaban J connectivity index is 1.85. The van der Waals surface area contributed by atoms with Crippen LogP contribution in [0.3, 0.4) is 0 Å². The number of aliphatic carboxylic acids is 1. The van der Waals surface area contributed by atoms with E-state index in [1.54, 1.807) is 0 Å². The lowest BCUT2D eigenvalue weighted by Crippen LogP contribution is -2.46. The van der Waals surface area contributed by atoms with Gasteiger partial charge in [0.15, 0.2) is 0 Å². The van der Waals surface area contributed by atoms with Gasteiger partial charge in [0, 0.05) is 19.1 Å². The number of carbonyl (C=O) groups excluding carboxylic acids is 1. The molecule has 6 heteroatoms. The summed E-state index contributed by atoms with van der Waals surface area (Å²) in [5.74, 6) is -1.35. The topological polar surface area (TPSA) is 87.7 Å². The Labute approximate surface area is 119 Å². The Morgan fingerprint density at radius 1 is 1.25 bits per heavy atom. The van der Waals surface area contributed by atoms with E-state index in [0.29, 0.717) is 26.0 Å². The van der Waals surface area contributed by atoms with Crippen LogP contribution >= 0.6 is 0 Å². The van der Waals surface area contributed by atoms with Gasteiger partial charge in [-0.3, -0.25) is 9.59 Å². The minimum Gasteiger partial charge on any atom is -0.481 e. The van der Waals surface area contributed by atoms with E-state index in [4.69, 9.17) is 4.74 Å². The largest absolute Gasteiger partial charge is 0.481 e. The van der Waals surface area contributed by atoms with Crippen LogP contribution in [-0.2, 0) is 14.3 Å². The normalized spacial score (nSPS) is 31.3. The summed E-state index contributed by atoms with van der Waals surface area (Å²) in [5.41, 5.74) is 0. The zero-order valence-corrected chi connectivity index (χ0v) is 11.8. The first-order valence-corrected chi connectivity index (χ1v) is 7.51. The predicted octanol–water partition coefficient (Wildman–Crippen LogP) is 0.515. The third-order valence-corrected chi connectivity index (χ3v) is 4.10. The van der Waals surface area contributed by atoms with Crippen molar-refractivity contribution in [2.75, 3.05) is 19.7 Å². The second-order valence-corrected chi connectivity index (χ2v) is 5.66. The molecular formula is C14H24N2O4. The zero-order valence-electron chi connectivity index (χ0n) is 11.8. The average Bonchev–Trinajstić information content (AvgIpc) is 2.65. The SMILES string of the molecule is O=C(CC1CNCCO1)NC1CCCCCC1C(=O)O. The van der Waals surface area contributed by atoms with Gasteiger partial charge in [0.2, 0.25) is 5.91 Å². The predicted molar refractivity (Wildman–Crippen MR) is 73.4 cm³/mol. The van der Waals surface area contributed by atoms with Gasteiger partial charge >= 0.3 is 5.97 Å². The highest BCUT2D eigenvalue weighted by molar-refractivity contribution is 5.78. The third-order valence-electron chi connectivity index (χ3n) is 4.10. The van der Waals surface area contributed by atoms with Gasteiger partial charge in [-0.25, -0.2) is 0 Å². The van der Waals surface area contributed by atoms with E-state index >= 15 is 0 Å². The lowest BCUT2D eigenvalue weighted by molar-refractivity contribution is -0.143. The number of hydrogen-bond donors (Lipinski definition) is 3. The van der Waals surface area contributed by atoms with E-state index in [0.717, 1.165) is 32.2 Å². The first kappa shape index (κ1) is 15.3. The van der Waals surface area contributed by atoms with Gasteiger partial charge in [0.05, 0.1) is 25.0 Å². The second kappa shape index (κ2) is 7.59. The summed E-state index contributed by atoms with van der Waals surface area (Å²) in [4.78, 5) is 23.4. The summed E-state index contributed by atoms with van der Waals surface area (Å²) < 4.78 is 5.50. The summed E-state index contributed by atoms with van der Waals surface area (Å²) in [5, 5.41) is 15.4. The molecular weight excluding hydrogens is 260 g/mol. The van der Waals surface area contributed by atoms with Crippen LogP contribution in [0.15, 0.2) is 0 Å². The van der Waals surface area contributed by atoms with Gasteiger partial charge in [-0.2, -0.15) is 0 Å². The Hall–Kier alpha value is -1.14. The van der Waals surface area contributed by atoms with E-state index in [2.05, 4.69) is 10.6 Å². The Bertz CT molecular complexity index is 342. The number of carbonyl (C=O) groups is 2. The van der Waals surface area contributed by atoms with Crippen LogP contribution in [-0.4, -0.2) is 48.8 Å². The molecule has 0 aromatic rings. The summed E-state index contributed by atoms with van der Waals surface area (Å²) in [7, 11) is 0. The monoisotopic (exact) mass is 284 g/mol. The van der Waals surface area contributed by atoms with Gasteiger partial charge in [-0.05, 0) is 12.8 Å². The molecule has 3 N–H and O–H groups in total. The highest BCUT2D eigenvalue weighted by Gasteiger charge is 2.31. The first-order valence-electron chi connectivity index (χ1n) is 7.51. The molecule has 2 rings (SSSR count). The van der Waals surface area contributed by atoms with Crippen LogP contribution < -0.4 is 10.6 Å². The van der Waals surface area contributed by atoms with Gasteiger partial charge in [0.1, 0.15) is 0 Å². The second-order valence-electron chi connectivity index (χ2n) is 5.66.